The summed E-state index contributed by atoms with van der Waals surface area (Å²) in [6.45, 7) is 9.08. The van der Waals surface area contributed by atoms with Crippen LogP contribution in [0.2, 0.25) is 0 Å². The van der Waals surface area contributed by atoms with Crippen LogP contribution in [0, 0.1) is 16.0 Å². The number of nitro groups is 1. The third kappa shape index (κ3) is 2.11. The van der Waals surface area contributed by atoms with Crippen LogP contribution in [-0.2, 0) is 15.0 Å². The molecule has 0 N–H and O–H groups in total. The monoisotopic (exact) mass is 332 g/mol. The van der Waals surface area contributed by atoms with E-state index in [1.165, 1.54) is 11.0 Å². The molecule has 1 fully saturated rings. The Labute approximate surface area is 140 Å². The third-order valence-corrected chi connectivity index (χ3v) is 4.38. The van der Waals surface area contributed by atoms with Gasteiger partial charge in [-0.25, -0.2) is 9.69 Å². The maximum absolute atomic E-state index is 12.7. The lowest BCUT2D eigenvalue weighted by molar-refractivity contribution is -0.588. The van der Waals surface area contributed by atoms with Crippen LogP contribution in [0.5, 0.6) is 0 Å². The molecule has 1 saturated heterocycles. The van der Waals surface area contributed by atoms with Gasteiger partial charge in [-0.3, -0.25) is 10.1 Å². The van der Waals surface area contributed by atoms with E-state index in [-0.39, 0.29) is 11.5 Å². The Hall–Kier alpha value is -2.41. The van der Waals surface area contributed by atoms with Gasteiger partial charge in [-0.15, -0.1) is 6.58 Å². The number of carbonyl (C=O) groups excluding carboxylic acids is 1. The molecule has 0 bridgehead atoms. The van der Waals surface area contributed by atoms with Gasteiger partial charge in [0.25, 0.3) is 0 Å². The van der Waals surface area contributed by atoms with Gasteiger partial charge in [-0.2, -0.15) is 0 Å². The van der Waals surface area contributed by atoms with Crippen molar-refractivity contribution >= 4 is 11.8 Å². The average molecular weight is 332 g/mol. The van der Waals surface area contributed by atoms with Crippen LogP contribution in [0.15, 0.2) is 36.9 Å². The lowest BCUT2D eigenvalue weighted by Gasteiger charge is -2.29. The topological polar surface area (TPSA) is 81.9 Å². The highest BCUT2D eigenvalue weighted by Crippen LogP contribution is 2.54. The average Bonchev–Trinajstić information content (AvgIpc) is 2.98. The van der Waals surface area contributed by atoms with Crippen LogP contribution in [0.4, 0.5) is 10.5 Å². The van der Waals surface area contributed by atoms with Crippen LogP contribution < -0.4 is 4.90 Å². The summed E-state index contributed by atoms with van der Waals surface area (Å²) in [4.78, 5) is 25.7. The van der Waals surface area contributed by atoms with Crippen molar-refractivity contribution in [1.82, 2.24) is 0 Å². The van der Waals surface area contributed by atoms with E-state index < -0.39 is 29.4 Å². The highest BCUT2D eigenvalue weighted by molar-refractivity contribution is 5.92. The first-order valence-electron chi connectivity index (χ1n) is 7.74. The molecule has 24 heavy (non-hydrogen) atoms. The molecule has 2 heterocycles. The summed E-state index contributed by atoms with van der Waals surface area (Å²) in [6, 6.07) is 6.79. The molecule has 3 atom stereocenters. The van der Waals surface area contributed by atoms with Crippen LogP contribution in [0.1, 0.15) is 26.3 Å². The largest absolute Gasteiger partial charge is 0.443 e. The Kier molecular flexibility index (Phi) is 3.64. The lowest BCUT2D eigenvalue weighted by atomic mass is 9.81. The van der Waals surface area contributed by atoms with Gasteiger partial charge in [0, 0.05) is 4.92 Å². The fourth-order valence-electron chi connectivity index (χ4n) is 3.46. The standard InChI is InChI=1S/C17H20N2O5/c1-5-11-10-23-14-17(11,19(21)22)12-8-6-7-9-13(12)18(14)15(20)24-16(2,3)4/h5-9,11,14H,1,10H2,2-4H3/t11-,14-,17+/m1/s1. The molecule has 1 amide bonds. The van der Waals surface area contributed by atoms with Crippen LogP contribution in [-0.4, -0.2) is 29.5 Å². The third-order valence-electron chi connectivity index (χ3n) is 4.38. The fourth-order valence-corrected chi connectivity index (χ4v) is 3.46. The van der Waals surface area contributed by atoms with Crippen molar-refractivity contribution < 1.29 is 19.2 Å². The van der Waals surface area contributed by atoms with E-state index in [0.29, 0.717) is 11.3 Å². The molecule has 0 unspecified atom stereocenters. The second-order valence-electron chi connectivity index (χ2n) is 6.98. The second kappa shape index (κ2) is 5.31. The van der Waals surface area contributed by atoms with Crippen molar-refractivity contribution in [1.29, 1.82) is 0 Å². The first kappa shape index (κ1) is 16.4. The quantitative estimate of drug-likeness (QED) is 0.472. The Balaban J connectivity index is 2.16. The number of hydrogen-bond donors (Lipinski definition) is 0. The van der Waals surface area contributed by atoms with Crippen molar-refractivity contribution in [3.8, 4) is 0 Å². The van der Waals surface area contributed by atoms with Gasteiger partial charge in [0.1, 0.15) is 5.60 Å². The zero-order chi connectivity index (χ0) is 17.7. The first-order chi connectivity index (χ1) is 11.2. The van der Waals surface area contributed by atoms with Crippen LogP contribution in [0.25, 0.3) is 0 Å². The van der Waals surface area contributed by atoms with E-state index >= 15 is 0 Å². The summed E-state index contributed by atoms with van der Waals surface area (Å²) in [5.74, 6) is -0.536. The minimum Gasteiger partial charge on any atom is -0.443 e. The van der Waals surface area contributed by atoms with Gasteiger partial charge >= 0.3 is 11.6 Å². The van der Waals surface area contributed by atoms with E-state index in [0.717, 1.165) is 0 Å². The number of amides is 1. The number of hydrogen-bond acceptors (Lipinski definition) is 5. The summed E-state index contributed by atoms with van der Waals surface area (Å²) in [6.07, 6.45) is -0.186. The Morgan fingerprint density at radius 3 is 2.75 bits per heavy atom. The molecular formula is C17H20N2O5. The maximum atomic E-state index is 12.7. The van der Waals surface area contributed by atoms with E-state index in [9.17, 15) is 14.9 Å². The summed E-state index contributed by atoms with van der Waals surface area (Å²) in [5.41, 5.74) is -1.38. The molecule has 2 aliphatic rings. The summed E-state index contributed by atoms with van der Waals surface area (Å²) >= 11 is 0. The minimum atomic E-state index is -1.56. The normalized spacial score (nSPS) is 28.2. The van der Waals surface area contributed by atoms with Crippen molar-refractivity contribution in [3.63, 3.8) is 0 Å². The van der Waals surface area contributed by atoms with Gasteiger partial charge in [0.15, 0.2) is 0 Å². The number of carbonyl (C=O) groups is 1. The molecule has 1 aromatic carbocycles. The van der Waals surface area contributed by atoms with Crippen molar-refractivity contribution in [3.05, 3.63) is 52.6 Å². The van der Waals surface area contributed by atoms with Crippen molar-refractivity contribution in [2.24, 2.45) is 5.92 Å². The Morgan fingerprint density at radius 2 is 2.17 bits per heavy atom. The fraction of sp³-hybridized carbons (Fsp3) is 0.471. The van der Waals surface area contributed by atoms with Crippen molar-refractivity contribution in [2.75, 3.05) is 11.5 Å². The highest BCUT2D eigenvalue weighted by Gasteiger charge is 2.71. The van der Waals surface area contributed by atoms with Crippen LogP contribution in [0.3, 0.4) is 0 Å². The predicted molar refractivity (Wildman–Crippen MR) is 87.3 cm³/mol. The molecule has 0 radical (unpaired) electrons. The van der Waals surface area contributed by atoms with Gasteiger partial charge in [0.05, 0.1) is 23.8 Å². The number of ether oxygens (including phenoxy) is 2. The molecule has 7 heteroatoms. The summed E-state index contributed by atoms with van der Waals surface area (Å²) in [7, 11) is 0. The Bertz CT molecular complexity index is 711. The molecule has 0 spiro atoms. The maximum Gasteiger partial charge on any atom is 0.417 e. The number of para-hydroxylation sites is 1. The van der Waals surface area contributed by atoms with E-state index in [1.807, 2.05) is 0 Å². The predicted octanol–water partition coefficient (Wildman–Crippen LogP) is 3.07. The number of benzene rings is 1. The molecule has 3 rings (SSSR count). The highest BCUT2D eigenvalue weighted by atomic mass is 16.6. The lowest BCUT2D eigenvalue weighted by Crippen LogP contribution is -2.52. The van der Waals surface area contributed by atoms with Gasteiger partial charge in [-0.05, 0) is 32.9 Å². The molecule has 0 saturated carbocycles. The molecule has 1 aromatic rings. The number of fused-ring (bicyclic) bond motifs is 3. The van der Waals surface area contributed by atoms with Gasteiger partial charge in [0.2, 0.25) is 6.23 Å². The van der Waals surface area contributed by atoms with Crippen LogP contribution >= 0.6 is 0 Å². The van der Waals surface area contributed by atoms with Crippen molar-refractivity contribution in [2.45, 2.75) is 38.1 Å². The summed E-state index contributed by atoms with van der Waals surface area (Å²) in [5, 5.41) is 12.1. The smallest absolute Gasteiger partial charge is 0.417 e. The first-order valence-corrected chi connectivity index (χ1v) is 7.74. The number of anilines is 1. The SMILES string of the molecule is C=C[C@@H]1CO[C@H]2N(C(=O)OC(C)(C)C)c3ccccc3[C@@]12[N+](=O)[O-]. The van der Waals surface area contributed by atoms with E-state index in [1.54, 1.807) is 45.0 Å². The molecular weight excluding hydrogens is 312 g/mol. The van der Waals surface area contributed by atoms with Gasteiger partial charge < -0.3 is 9.47 Å². The molecule has 0 aliphatic carbocycles. The zero-order valence-corrected chi connectivity index (χ0v) is 13.9. The molecule has 128 valence electrons. The molecule has 2 aliphatic heterocycles. The second-order valence-corrected chi connectivity index (χ2v) is 6.98. The Morgan fingerprint density at radius 1 is 1.50 bits per heavy atom. The van der Waals surface area contributed by atoms with Gasteiger partial charge in [-0.1, -0.05) is 18.2 Å². The molecule has 0 aromatic heterocycles. The number of nitrogens with zero attached hydrogens (tertiary/aromatic N) is 2. The summed E-state index contributed by atoms with van der Waals surface area (Å²) < 4.78 is 11.1. The minimum absolute atomic E-state index is 0.128. The number of rotatable bonds is 2. The van der Waals surface area contributed by atoms with E-state index in [4.69, 9.17) is 9.47 Å². The zero-order valence-electron chi connectivity index (χ0n) is 13.9. The van der Waals surface area contributed by atoms with E-state index in [2.05, 4.69) is 6.58 Å². The molecule has 7 nitrogen and oxygen atoms in total.